The number of carbonyl (C=O) groups excluding carboxylic acids is 1. The second kappa shape index (κ2) is 9.49. The third-order valence-electron chi connectivity index (χ3n) is 3.97. The van der Waals surface area contributed by atoms with Gasteiger partial charge < -0.3 is 0 Å². The molecule has 0 heterocycles. The van der Waals surface area contributed by atoms with Crippen molar-refractivity contribution in [1.82, 2.24) is 4.72 Å². The normalized spacial score (nSPS) is 12.7. The molecule has 0 aromatic heterocycles. The van der Waals surface area contributed by atoms with Crippen molar-refractivity contribution in [3.05, 3.63) is 71.8 Å². The minimum Gasteiger partial charge on any atom is -0.298 e. The van der Waals surface area contributed by atoms with Crippen LogP contribution in [0.25, 0.3) is 0 Å². The van der Waals surface area contributed by atoms with Gasteiger partial charge in [0.15, 0.2) is 5.78 Å². The second-order valence-corrected chi connectivity index (χ2v) is 7.93. The lowest BCUT2D eigenvalue weighted by molar-refractivity contribution is -0.120. The van der Waals surface area contributed by atoms with E-state index >= 15 is 0 Å². The molecule has 1 N–H and O–H groups in total. The van der Waals surface area contributed by atoms with Gasteiger partial charge in [-0.05, 0) is 24.0 Å². The average Bonchev–Trinajstić information content (AvgIpc) is 2.60. The average molecular weight is 359 g/mol. The molecule has 2 rings (SSSR count). The molecule has 0 aliphatic heterocycles. The minimum absolute atomic E-state index is 0.0534. The molecule has 0 radical (unpaired) electrons. The Morgan fingerprint density at radius 1 is 0.960 bits per heavy atom. The van der Waals surface area contributed by atoms with Crippen molar-refractivity contribution < 1.29 is 13.2 Å². The first-order valence-electron chi connectivity index (χ1n) is 8.60. The molecule has 5 heteroatoms. The highest BCUT2D eigenvalue weighted by molar-refractivity contribution is 7.88. The van der Waals surface area contributed by atoms with E-state index in [1.807, 2.05) is 43.3 Å². The molecule has 1 atom stereocenters. The molecule has 0 saturated carbocycles. The molecular weight excluding hydrogens is 334 g/mol. The number of carbonyl (C=O) groups is 1. The number of Topliss-reactive ketones (excluding diaryl/α,β-unsaturated/α-hetero) is 1. The van der Waals surface area contributed by atoms with Crippen LogP contribution in [0.4, 0.5) is 0 Å². The van der Waals surface area contributed by atoms with Gasteiger partial charge in [0.05, 0.1) is 11.8 Å². The maximum Gasteiger partial charge on any atom is 0.216 e. The predicted octanol–water partition coefficient (Wildman–Crippen LogP) is 3.48. The fourth-order valence-electron chi connectivity index (χ4n) is 2.65. The molecule has 2 aromatic carbocycles. The third-order valence-corrected chi connectivity index (χ3v) is 5.33. The molecule has 0 aliphatic carbocycles. The first kappa shape index (κ1) is 19.3. The second-order valence-electron chi connectivity index (χ2n) is 6.17. The van der Waals surface area contributed by atoms with Crippen molar-refractivity contribution in [2.75, 3.05) is 0 Å². The fourth-order valence-corrected chi connectivity index (χ4v) is 4.01. The summed E-state index contributed by atoms with van der Waals surface area (Å²) in [5.41, 5.74) is 1.65. The van der Waals surface area contributed by atoms with Crippen molar-refractivity contribution >= 4 is 15.8 Å². The van der Waals surface area contributed by atoms with Gasteiger partial charge in [0, 0.05) is 6.42 Å². The zero-order valence-corrected chi connectivity index (χ0v) is 15.3. The van der Waals surface area contributed by atoms with E-state index in [0.29, 0.717) is 18.4 Å². The quantitative estimate of drug-likeness (QED) is 0.706. The SMILES string of the molecule is CCCCC(=O)[C@@H](Cc1ccccc1)NS(=O)(=O)Cc1ccccc1. The summed E-state index contributed by atoms with van der Waals surface area (Å²) in [7, 11) is -3.59. The fraction of sp³-hybridized carbons (Fsp3) is 0.350. The molecule has 0 fully saturated rings. The highest BCUT2D eigenvalue weighted by atomic mass is 32.2. The summed E-state index contributed by atoms with van der Waals surface area (Å²) in [6.45, 7) is 2.01. The number of ketones is 1. The number of rotatable bonds is 10. The maximum atomic E-state index is 12.5. The van der Waals surface area contributed by atoms with Crippen LogP contribution < -0.4 is 4.72 Å². The van der Waals surface area contributed by atoms with Crippen LogP contribution in [0.3, 0.4) is 0 Å². The van der Waals surface area contributed by atoms with E-state index in [-0.39, 0.29) is 11.5 Å². The van der Waals surface area contributed by atoms with E-state index in [4.69, 9.17) is 0 Å². The molecule has 0 amide bonds. The van der Waals surface area contributed by atoms with Crippen LogP contribution in [0.5, 0.6) is 0 Å². The van der Waals surface area contributed by atoms with E-state index in [2.05, 4.69) is 4.72 Å². The monoisotopic (exact) mass is 359 g/mol. The van der Waals surface area contributed by atoms with Crippen LogP contribution in [-0.2, 0) is 27.0 Å². The zero-order chi connectivity index (χ0) is 18.1. The van der Waals surface area contributed by atoms with Gasteiger partial charge in [-0.2, -0.15) is 0 Å². The highest BCUT2D eigenvalue weighted by Crippen LogP contribution is 2.11. The lowest BCUT2D eigenvalue weighted by Gasteiger charge is -2.18. The molecular formula is C20H25NO3S. The summed E-state index contributed by atoms with van der Waals surface area (Å²) in [6.07, 6.45) is 2.43. The molecule has 0 spiro atoms. The predicted molar refractivity (Wildman–Crippen MR) is 101 cm³/mol. The van der Waals surface area contributed by atoms with E-state index < -0.39 is 16.1 Å². The topological polar surface area (TPSA) is 63.2 Å². The van der Waals surface area contributed by atoms with Crippen LogP contribution in [0, 0.1) is 0 Å². The number of hydrogen-bond acceptors (Lipinski definition) is 3. The van der Waals surface area contributed by atoms with Gasteiger partial charge in [-0.25, -0.2) is 13.1 Å². The van der Waals surface area contributed by atoms with Gasteiger partial charge in [0.1, 0.15) is 0 Å². The van der Waals surface area contributed by atoms with Crippen molar-refractivity contribution in [2.24, 2.45) is 0 Å². The zero-order valence-electron chi connectivity index (χ0n) is 14.5. The van der Waals surface area contributed by atoms with Gasteiger partial charge >= 0.3 is 0 Å². The van der Waals surface area contributed by atoms with Crippen LogP contribution in [-0.4, -0.2) is 20.2 Å². The molecule has 2 aromatic rings. The molecule has 0 saturated heterocycles. The van der Waals surface area contributed by atoms with Gasteiger partial charge in [0.25, 0.3) is 0 Å². The Bertz CT molecular complexity index is 758. The van der Waals surface area contributed by atoms with Gasteiger partial charge in [0.2, 0.25) is 10.0 Å². The van der Waals surface area contributed by atoms with Crippen molar-refractivity contribution in [3.8, 4) is 0 Å². The molecule has 25 heavy (non-hydrogen) atoms. The Morgan fingerprint density at radius 2 is 1.52 bits per heavy atom. The summed E-state index contributed by atoms with van der Waals surface area (Å²) in [5.74, 6) is -0.178. The van der Waals surface area contributed by atoms with Crippen molar-refractivity contribution in [1.29, 1.82) is 0 Å². The minimum atomic E-state index is -3.59. The Hall–Kier alpha value is -1.98. The largest absolute Gasteiger partial charge is 0.298 e. The Kier molecular flexibility index (Phi) is 7.34. The number of unbranched alkanes of at least 4 members (excludes halogenated alkanes) is 1. The van der Waals surface area contributed by atoms with E-state index in [9.17, 15) is 13.2 Å². The van der Waals surface area contributed by atoms with Crippen molar-refractivity contribution in [3.63, 3.8) is 0 Å². The lowest BCUT2D eigenvalue weighted by Crippen LogP contribution is -2.42. The summed E-state index contributed by atoms with van der Waals surface area (Å²) in [4.78, 5) is 12.5. The van der Waals surface area contributed by atoms with E-state index in [1.165, 1.54) is 0 Å². The first-order chi connectivity index (χ1) is 12.0. The molecule has 0 bridgehead atoms. The number of nitrogens with one attached hydrogen (secondary N) is 1. The first-order valence-corrected chi connectivity index (χ1v) is 10.3. The molecule has 134 valence electrons. The van der Waals surface area contributed by atoms with E-state index in [0.717, 1.165) is 18.4 Å². The Balaban J connectivity index is 2.12. The summed E-state index contributed by atoms with van der Waals surface area (Å²) in [5, 5.41) is 0. The maximum absolute atomic E-state index is 12.5. The summed E-state index contributed by atoms with van der Waals surface area (Å²) >= 11 is 0. The van der Waals surface area contributed by atoms with E-state index in [1.54, 1.807) is 24.3 Å². The lowest BCUT2D eigenvalue weighted by atomic mass is 10.0. The third kappa shape index (κ3) is 6.80. The Morgan fingerprint density at radius 3 is 2.08 bits per heavy atom. The molecule has 0 aliphatic rings. The highest BCUT2D eigenvalue weighted by Gasteiger charge is 2.24. The van der Waals surface area contributed by atoms with Gasteiger partial charge in [-0.1, -0.05) is 74.0 Å². The van der Waals surface area contributed by atoms with Gasteiger partial charge in [-0.15, -0.1) is 0 Å². The van der Waals surface area contributed by atoms with Crippen LogP contribution in [0.2, 0.25) is 0 Å². The molecule has 4 nitrogen and oxygen atoms in total. The van der Waals surface area contributed by atoms with Gasteiger partial charge in [-0.3, -0.25) is 4.79 Å². The van der Waals surface area contributed by atoms with Crippen LogP contribution >= 0.6 is 0 Å². The standard InChI is InChI=1S/C20H25NO3S/c1-2-3-14-20(22)19(15-17-10-6-4-7-11-17)21-25(23,24)16-18-12-8-5-9-13-18/h4-13,19,21H,2-3,14-16H2,1H3/t19-/m1/s1. The van der Waals surface area contributed by atoms with Crippen LogP contribution in [0.1, 0.15) is 37.3 Å². The number of hydrogen-bond donors (Lipinski definition) is 1. The summed E-state index contributed by atoms with van der Waals surface area (Å²) < 4.78 is 27.7. The van der Waals surface area contributed by atoms with Crippen LogP contribution in [0.15, 0.2) is 60.7 Å². The number of benzene rings is 2. The van der Waals surface area contributed by atoms with Crippen molar-refractivity contribution in [2.45, 2.75) is 44.4 Å². The summed E-state index contributed by atoms with van der Waals surface area (Å²) in [6, 6.07) is 17.8. The Labute approximate surface area is 150 Å². The smallest absolute Gasteiger partial charge is 0.216 e. The number of sulfonamides is 1. The molecule has 0 unspecified atom stereocenters.